The molecule has 0 fully saturated rings. The summed E-state index contributed by atoms with van der Waals surface area (Å²) in [5.74, 6) is 0.0518. The van der Waals surface area contributed by atoms with Crippen molar-refractivity contribution in [2.75, 3.05) is 0 Å². The first-order valence-corrected chi connectivity index (χ1v) is 4.50. The Bertz CT molecular complexity index is 309. The predicted octanol–water partition coefficient (Wildman–Crippen LogP) is 3.22. The van der Waals surface area contributed by atoms with E-state index in [1.165, 1.54) is 0 Å². The molecular weight excluding hydrogens is 192 g/mol. The number of carbonyl (C=O) groups is 1. The summed E-state index contributed by atoms with van der Waals surface area (Å²) in [7, 11) is 0. The van der Waals surface area contributed by atoms with Crippen LogP contribution in [0.15, 0.2) is 23.1 Å². The fourth-order valence-corrected chi connectivity index (χ4v) is 1.36. The molecule has 0 heterocycles. The molecule has 12 heavy (non-hydrogen) atoms. The van der Waals surface area contributed by atoms with Gasteiger partial charge in [0.15, 0.2) is 5.78 Å². The molecule has 64 valence electrons. The molecule has 1 aromatic carbocycles. The molecule has 0 amide bonds. The highest BCUT2D eigenvalue weighted by Gasteiger charge is 2.09. The maximum absolute atomic E-state index is 11.3. The lowest BCUT2D eigenvalue weighted by Crippen LogP contribution is -1.97. The van der Waals surface area contributed by atoms with Gasteiger partial charge in [-0.3, -0.25) is 4.79 Å². The van der Waals surface area contributed by atoms with E-state index in [2.05, 4.69) is 12.6 Å². The normalized spacial score (nSPS) is 9.92. The van der Waals surface area contributed by atoms with Gasteiger partial charge in [0.2, 0.25) is 0 Å². The van der Waals surface area contributed by atoms with Gasteiger partial charge in [-0.1, -0.05) is 24.6 Å². The van der Waals surface area contributed by atoms with Crippen molar-refractivity contribution in [3.05, 3.63) is 28.8 Å². The van der Waals surface area contributed by atoms with Crippen LogP contribution in [0.4, 0.5) is 0 Å². The molecular formula is C9H9ClOS. The number of Topliss-reactive ketones (excluding diaryl/α,β-unsaturated/α-hetero) is 1. The van der Waals surface area contributed by atoms with Crippen molar-refractivity contribution in [2.45, 2.75) is 18.2 Å². The van der Waals surface area contributed by atoms with Crippen molar-refractivity contribution >= 4 is 30.0 Å². The Morgan fingerprint density at radius 1 is 1.58 bits per heavy atom. The summed E-state index contributed by atoms with van der Waals surface area (Å²) in [5.41, 5.74) is 0.562. The van der Waals surface area contributed by atoms with Gasteiger partial charge in [0.25, 0.3) is 0 Å². The van der Waals surface area contributed by atoms with Gasteiger partial charge in [0.1, 0.15) is 0 Å². The first-order chi connectivity index (χ1) is 5.66. The zero-order chi connectivity index (χ0) is 9.14. The monoisotopic (exact) mass is 200 g/mol. The zero-order valence-electron chi connectivity index (χ0n) is 6.67. The Balaban J connectivity index is 3.16. The number of thiol groups is 1. The highest BCUT2D eigenvalue weighted by atomic mass is 35.5. The third kappa shape index (κ3) is 1.82. The van der Waals surface area contributed by atoms with Crippen LogP contribution in [0.2, 0.25) is 5.02 Å². The van der Waals surface area contributed by atoms with Crippen LogP contribution in [0.25, 0.3) is 0 Å². The van der Waals surface area contributed by atoms with Gasteiger partial charge in [0, 0.05) is 16.9 Å². The minimum atomic E-state index is 0.0518. The first kappa shape index (κ1) is 9.62. The number of hydrogen-bond acceptors (Lipinski definition) is 2. The topological polar surface area (TPSA) is 17.1 Å². The van der Waals surface area contributed by atoms with Gasteiger partial charge >= 0.3 is 0 Å². The van der Waals surface area contributed by atoms with Crippen molar-refractivity contribution in [3.8, 4) is 0 Å². The molecule has 0 atom stereocenters. The minimum Gasteiger partial charge on any atom is -0.294 e. The smallest absolute Gasteiger partial charge is 0.164 e. The molecule has 1 nitrogen and oxygen atoms in total. The molecule has 0 bridgehead atoms. The van der Waals surface area contributed by atoms with Crippen LogP contribution in [-0.2, 0) is 0 Å². The Morgan fingerprint density at radius 2 is 2.25 bits per heavy atom. The zero-order valence-corrected chi connectivity index (χ0v) is 8.32. The predicted molar refractivity (Wildman–Crippen MR) is 53.3 cm³/mol. The van der Waals surface area contributed by atoms with Crippen LogP contribution in [0.5, 0.6) is 0 Å². The SMILES string of the molecule is CCC(=O)c1cccc(S)c1Cl. The van der Waals surface area contributed by atoms with Gasteiger partial charge < -0.3 is 0 Å². The lowest BCUT2D eigenvalue weighted by atomic mass is 10.1. The second kappa shape index (κ2) is 3.97. The highest BCUT2D eigenvalue weighted by molar-refractivity contribution is 7.80. The fraction of sp³-hybridized carbons (Fsp3) is 0.222. The summed E-state index contributed by atoms with van der Waals surface area (Å²) in [4.78, 5) is 11.9. The van der Waals surface area contributed by atoms with Crippen LogP contribution in [0.3, 0.4) is 0 Å². The summed E-state index contributed by atoms with van der Waals surface area (Å²) < 4.78 is 0. The number of carbonyl (C=O) groups excluding carboxylic acids is 1. The average Bonchev–Trinajstić information content (AvgIpc) is 2.08. The van der Waals surface area contributed by atoms with E-state index in [4.69, 9.17) is 11.6 Å². The molecule has 0 aliphatic heterocycles. The third-order valence-electron chi connectivity index (χ3n) is 1.60. The average molecular weight is 201 g/mol. The number of rotatable bonds is 2. The highest BCUT2D eigenvalue weighted by Crippen LogP contribution is 2.24. The Labute approximate surface area is 82.1 Å². The number of halogens is 1. The molecule has 1 aromatic rings. The molecule has 0 unspecified atom stereocenters. The van der Waals surface area contributed by atoms with Crippen LogP contribution in [0, 0.1) is 0 Å². The maximum atomic E-state index is 11.3. The lowest BCUT2D eigenvalue weighted by Gasteiger charge is -2.02. The Kier molecular flexibility index (Phi) is 3.18. The summed E-state index contributed by atoms with van der Waals surface area (Å²) >= 11 is 9.99. The van der Waals surface area contributed by atoms with E-state index >= 15 is 0 Å². The van der Waals surface area contributed by atoms with Crippen LogP contribution in [0.1, 0.15) is 23.7 Å². The summed E-state index contributed by atoms with van der Waals surface area (Å²) in [6.45, 7) is 1.81. The third-order valence-corrected chi connectivity index (χ3v) is 2.51. The van der Waals surface area contributed by atoms with Gasteiger partial charge in [-0.05, 0) is 12.1 Å². The molecule has 0 saturated carbocycles. The largest absolute Gasteiger partial charge is 0.294 e. The second-order valence-corrected chi connectivity index (χ2v) is 3.28. The van der Waals surface area contributed by atoms with E-state index in [1.54, 1.807) is 18.2 Å². The molecule has 0 aromatic heterocycles. The lowest BCUT2D eigenvalue weighted by molar-refractivity contribution is 0.0988. The van der Waals surface area contributed by atoms with E-state index in [-0.39, 0.29) is 5.78 Å². The van der Waals surface area contributed by atoms with Gasteiger partial charge in [-0.25, -0.2) is 0 Å². The molecule has 0 aliphatic carbocycles. The molecule has 0 N–H and O–H groups in total. The van der Waals surface area contributed by atoms with E-state index in [9.17, 15) is 4.79 Å². The standard InChI is InChI=1S/C9H9ClOS/c1-2-7(11)6-4-3-5-8(12)9(6)10/h3-5,12H,2H2,1H3. The quantitative estimate of drug-likeness (QED) is 0.573. The van der Waals surface area contributed by atoms with Gasteiger partial charge in [0.05, 0.1) is 5.02 Å². The number of hydrogen-bond donors (Lipinski definition) is 1. The Hall–Kier alpha value is -0.470. The summed E-state index contributed by atoms with van der Waals surface area (Å²) in [5, 5.41) is 0.452. The van der Waals surface area contributed by atoms with E-state index < -0.39 is 0 Å². The number of benzene rings is 1. The molecule has 0 saturated heterocycles. The maximum Gasteiger partial charge on any atom is 0.164 e. The summed E-state index contributed by atoms with van der Waals surface area (Å²) in [6, 6.07) is 5.25. The van der Waals surface area contributed by atoms with E-state index in [0.29, 0.717) is 21.9 Å². The van der Waals surface area contributed by atoms with E-state index in [0.717, 1.165) is 0 Å². The molecule has 3 heteroatoms. The molecule has 0 radical (unpaired) electrons. The first-order valence-electron chi connectivity index (χ1n) is 3.67. The van der Waals surface area contributed by atoms with Crippen molar-refractivity contribution < 1.29 is 4.79 Å². The van der Waals surface area contributed by atoms with Crippen LogP contribution in [-0.4, -0.2) is 5.78 Å². The van der Waals surface area contributed by atoms with Gasteiger partial charge in [-0.15, -0.1) is 12.6 Å². The van der Waals surface area contributed by atoms with Crippen molar-refractivity contribution in [1.82, 2.24) is 0 Å². The van der Waals surface area contributed by atoms with Crippen LogP contribution >= 0.6 is 24.2 Å². The molecule has 0 spiro atoms. The van der Waals surface area contributed by atoms with Crippen molar-refractivity contribution in [2.24, 2.45) is 0 Å². The second-order valence-electron chi connectivity index (χ2n) is 2.42. The molecule has 1 rings (SSSR count). The Morgan fingerprint density at radius 3 is 2.83 bits per heavy atom. The van der Waals surface area contributed by atoms with Gasteiger partial charge in [-0.2, -0.15) is 0 Å². The van der Waals surface area contributed by atoms with Crippen molar-refractivity contribution in [1.29, 1.82) is 0 Å². The van der Waals surface area contributed by atoms with Crippen LogP contribution < -0.4 is 0 Å². The number of ketones is 1. The van der Waals surface area contributed by atoms with Crippen molar-refractivity contribution in [3.63, 3.8) is 0 Å². The van der Waals surface area contributed by atoms with E-state index in [1.807, 2.05) is 6.92 Å². The summed E-state index contributed by atoms with van der Waals surface area (Å²) in [6.07, 6.45) is 0.469. The molecule has 0 aliphatic rings. The fourth-order valence-electron chi connectivity index (χ4n) is 0.926. The minimum absolute atomic E-state index is 0.0518.